The van der Waals surface area contributed by atoms with Crippen molar-refractivity contribution in [2.45, 2.75) is 138 Å². The highest BCUT2D eigenvalue weighted by Gasteiger charge is 2.44. The van der Waals surface area contributed by atoms with Gasteiger partial charge in [0.15, 0.2) is 0 Å². The number of anilines is 6. The Kier molecular flexibility index (Phi) is 7.12. The zero-order valence-corrected chi connectivity index (χ0v) is 35.7. The molecular weight excluding hydrogens is 651 g/mol. The largest absolute Gasteiger partial charge is 0.311 e. The molecule has 0 saturated heterocycles. The molecule has 2 heterocycles. The second-order valence-corrected chi connectivity index (χ2v) is 20.8. The van der Waals surface area contributed by atoms with Gasteiger partial charge in [-0.2, -0.15) is 0 Å². The van der Waals surface area contributed by atoms with E-state index in [4.69, 9.17) is 0 Å². The Hall–Kier alpha value is -4.24. The fourth-order valence-electron chi connectivity index (χ4n) is 7.75. The molecule has 3 heteroatoms. The van der Waals surface area contributed by atoms with Crippen molar-refractivity contribution in [2.75, 3.05) is 9.80 Å². The normalized spacial score (nSPS) is 16.1. The molecule has 2 nitrogen and oxygen atoms in total. The van der Waals surface area contributed by atoms with Crippen LogP contribution < -0.4 is 26.2 Å². The number of fused-ring (bicyclic) bond motifs is 4. The van der Waals surface area contributed by atoms with Gasteiger partial charge >= 0.3 is 0 Å². The highest BCUT2D eigenvalue weighted by Crippen LogP contribution is 2.47. The van der Waals surface area contributed by atoms with Gasteiger partial charge in [-0.05, 0) is 132 Å². The number of benzene rings is 5. The van der Waals surface area contributed by atoms with Crippen molar-refractivity contribution in [2.24, 2.45) is 0 Å². The minimum atomic E-state index is -0.544. The maximum atomic E-state index is 10.2. The fraction of sp³-hybridized carbons (Fsp3) is 0.412. The molecule has 7 rings (SSSR count). The summed E-state index contributed by atoms with van der Waals surface area (Å²) in [6.45, 7) is 33.5. The van der Waals surface area contributed by atoms with Gasteiger partial charge in [-0.1, -0.05) is 146 Å². The number of nitrogens with zero attached hydrogens (tertiary/aromatic N) is 2. The first kappa shape index (κ1) is 31.0. The van der Waals surface area contributed by atoms with E-state index in [1.807, 2.05) is 59.4 Å². The van der Waals surface area contributed by atoms with Gasteiger partial charge in [0.05, 0.1) is 8.22 Å². The summed E-state index contributed by atoms with van der Waals surface area (Å²) in [6.07, 6.45) is 0. The first-order valence-corrected chi connectivity index (χ1v) is 19.7. The summed E-state index contributed by atoms with van der Waals surface area (Å²) in [5.74, 6) is 0. The molecule has 0 atom stereocenters. The summed E-state index contributed by atoms with van der Waals surface area (Å²) in [6, 6.07) is 20.2. The lowest BCUT2D eigenvalue weighted by atomic mass is 9.33. The van der Waals surface area contributed by atoms with Crippen molar-refractivity contribution in [1.29, 1.82) is 0 Å². The van der Waals surface area contributed by atoms with Crippen LogP contribution in [0.4, 0.5) is 34.1 Å². The summed E-state index contributed by atoms with van der Waals surface area (Å²) < 4.78 is 58.3. The molecule has 0 N–H and O–H groups in total. The quantitative estimate of drug-likeness (QED) is 0.164. The molecule has 0 amide bonds. The predicted molar refractivity (Wildman–Crippen MR) is 239 cm³/mol. The fourth-order valence-corrected chi connectivity index (χ4v) is 7.75. The van der Waals surface area contributed by atoms with Crippen LogP contribution in [-0.4, -0.2) is 6.71 Å². The van der Waals surface area contributed by atoms with Gasteiger partial charge < -0.3 is 9.80 Å². The second-order valence-electron chi connectivity index (χ2n) is 20.8. The van der Waals surface area contributed by atoms with E-state index < -0.39 is 17.5 Å². The van der Waals surface area contributed by atoms with Gasteiger partial charge in [0.2, 0.25) is 0 Å². The van der Waals surface area contributed by atoms with E-state index >= 15 is 0 Å². The van der Waals surface area contributed by atoms with Crippen LogP contribution in [0.2, 0.25) is 0 Å². The zero-order chi connectivity index (χ0) is 44.7. The highest BCUT2D eigenvalue weighted by molar-refractivity contribution is 7.00. The third-order valence-corrected chi connectivity index (χ3v) is 11.1. The molecule has 0 aromatic heterocycles. The maximum absolute atomic E-state index is 10.2. The lowest BCUT2D eigenvalue weighted by molar-refractivity contribution is 0.568. The molecule has 0 unspecified atom stereocenters. The summed E-state index contributed by atoms with van der Waals surface area (Å²) in [5, 5.41) is 0. The smallest absolute Gasteiger partial charge is 0.252 e. The van der Waals surface area contributed by atoms with Crippen LogP contribution in [0.5, 0.6) is 0 Å². The van der Waals surface area contributed by atoms with Gasteiger partial charge in [0.25, 0.3) is 6.71 Å². The van der Waals surface area contributed by atoms with Gasteiger partial charge in [-0.15, -0.1) is 0 Å². The van der Waals surface area contributed by atoms with E-state index in [0.29, 0.717) is 44.9 Å². The second kappa shape index (κ2) is 12.4. The van der Waals surface area contributed by atoms with E-state index in [1.54, 1.807) is 12.1 Å². The molecular formula is C51H63BN2. The molecule has 0 radical (unpaired) electrons. The van der Waals surface area contributed by atoms with Crippen LogP contribution in [0.25, 0.3) is 0 Å². The number of rotatable bonds is 2. The van der Waals surface area contributed by atoms with Crippen LogP contribution in [-0.2, 0) is 27.1 Å². The summed E-state index contributed by atoms with van der Waals surface area (Å²) in [4.78, 5) is 4.19. The molecule has 0 aliphatic carbocycles. The Bertz CT molecular complexity index is 2560. The third kappa shape index (κ3) is 6.60. The molecule has 54 heavy (non-hydrogen) atoms. The Morgan fingerprint density at radius 2 is 0.907 bits per heavy atom. The Morgan fingerprint density at radius 3 is 1.41 bits per heavy atom. The van der Waals surface area contributed by atoms with Crippen molar-refractivity contribution < 1.29 is 8.22 Å². The SMILES string of the molecule is [2H]c1cc(N2c3cc([2H])c(C(C)(C)C)c([2H])c3B3c4ccc(C(C)(C)C)cc4N(c4cc(C(C)(C)C)cc(C(C)(C)C)c4)c4c([2H])c(C)c([2H])c2c43)cc([2H])c1C(C)(C)C. The van der Waals surface area contributed by atoms with Crippen LogP contribution in [0.1, 0.15) is 145 Å². The summed E-state index contributed by atoms with van der Waals surface area (Å²) >= 11 is 0. The van der Waals surface area contributed by atoms with Crippen molar-refractivity contribution >= 4 is 57.2 Å². The van der Waals surface area contributed by atoms with Gasteiger partial charge in [0, 0.05) is 34.1 Å². The Balaban J connectivity index is 1.73. The zero-order valence-electron chi connectivity index (χ0n) is 41.7. The summed E-state index contributed by atoms with van der Waals surface area (Å²) in [5.41, 5.74) is 10.4. The van der Waals surface area contributed by atoms with Crippen molar-refractivity contribution in [1.82, 2.24) is 0 Å². The molecule has 2 aliphatic heterocycles. The lowest BCUT2D eigenvalue weighted by Crippen LogP contribution is -2.61. The van der Waals surface area contributed by atoms with Crippen molar-refractivity contribution in [3.8, 4) is 0 Å². The van der Waals surface area contributed by atoms with Crippen LogP contribution in [0.3, 0.4) is 0 Å². The van der Waals surface area contributed by atoms with E-state index in [9.17, 15) is 8.22 Å². The highest BCUT2D eigenvalue weighted by atomic mass is 15.2. The molecule has 5 aromatic rings. The maximum Gasteiger partial charge on any atom is 0.252 e. The summed E-state index contributed by atoms with van der Waals surface area (Å²) in [7, 11) is 0. The van der Waals surface area contributed by atoms with Crippen LogP contribution >= 0.6 is 0 Å². The minimum Gasteiger partial charge on any atom is -0.311 e. The minimum absolute atomic E-state index is 0.178. The lowest BCUT2D eigenvalue weighted by Gasteiger charge is -2.45. The predicted octanol–water partition coefficient (Wildman–Crippen LogP) is 12.6. The van der Waals surface area contributed by atoms with Gasteiger partial charge in [-0.25, -0.2) is 0 Å². The van der Waals surface area contributed by atoms with Crippen LogP contribution in [0, 0.1) is 6.92 Å². The average molecular weight is 721 g/mol. The molecule has 0 saturated carbocycles. The van der Waals surface area contributed by atoms with E-state index in [1.165, 1.54) is 11.1 Å². The molecule has 2 aliphatic rings. The molecule has 280 valence electrons. The van der Waals surface area contributed by atoms with Gasteiger partial charge in [0.1, 0.15) is 0 Å². The third-order valence-electron chi connectivity index (χ3n) is 11.1. The monoisotopic (exact) mass is 721 g/mol. The molecule has 0 fully saturated rings. The Morgan fingerprint density at radius 1 is 0.426 bits per heavy atom. The van der Waals surface area contributed by atoms with E-state index in [-0.39, 0.29) is 52.5 Å². The topological polar surface area (TPSA) is 6.48 Å². The Labute approximate surface area is 336 Å². The van der Waals surface area contributed by atoms with Crippen molar-refractivity contribution in [3.63, 3.8) is 0 Å². The van der Waals surface area contributed by atoms with Crippen LogP contribution in [0.15, 0.2) is 90.9 Å². The first-order valence-electron chi connectivity index (χ1n) is 22.7. The average Bonchev–Trinajstić information content (AvgIpc) is 3.08. The molecule has 0 bridgehead atoms. The standard InChI is InChI=1S/C51H63BN2/c1-32-25-44-46-45(26-32)54(39-28-36(50(11,12)13)27-37(29-39)51(14,15)16)43-31-35(49(8,9)10)19-23-40(43)52(46)41-30-34(48(5,6)7)20-24-42(41)53(44)38-21-17-33(18-22-38)47(2,3)4/h17-31H,1-16H3/i17D,18D,20D,25D,26D,30D. The number of hydrogen-bond acceptors (Lipinski definition) is 2. The number of hydrogen-bond donors (Lipinski definition) is 0. The van der Waals surface area contributed by atoms with E-state index in [0.717, 1.165) is 27.9 Å². The first-order chi connectivity index (χ1) is 27.4. The van der Waals surface area contributed by atoms with E-state index in [2.05, 4.69) is 104 Å². The van der Waals surface area contributed by atoms with Crippen molar-refractivity contribution in [3.05, 3.63) is 124 Å². The molecule has 0 spiro atoms. The molecule has 5 aromatic carbocycles. The van der Waals surface area contributed by atoms with Gasteiger partial charge in [-0.3, -0.25) is 0 Å².